The van der Waals surface area contributed by atoms with Crippen LogP contribution in [0, 0.1) is 0 Å². The molecule has 0 spiro atoms. The Hall–Kier alpha value is -3.43. The number of hydrogen-bond donors (Lipinski definition) is 2. The third-order valence-electron chi connectivity index (χ3n) is 4.42. The molecule has 0 radical (unpaired) electrons. The van der Waals surface area contributed by atoms with E-state index in [-0.39, 0.29) is 12.5 Å². The molecule has 0 unspecified atom stereocenters. The minimum Gasteiger partial charge on any atom is -0.367 e. The van der Waals surface area contributed by atoms with E-state index in [0.717, 1.165) is 22.0 Å². The molecule has 4 aromatic rings. The molecule has 2 aromatic heterocycles. The van der Waals surface area contributed by atoms with E-state index in [4.69, 9.17) is 28.9 Å². The number of nitrogen functional groups attached to an aromatic ring is 1. The quantitative estimate of drug-likeness (QED) is 0.351. The van der Waals surface area contributed by atoms with E-state index in [1.807, 2.05) is 42.6 Å². The summed E-state index contributed by atoms with van der Waals surface area (Å²) in [6, 6.07) is 13.3. The van der Waals surface area contributed by atoms with E-state index in [2.05, 4.69) is 30.6 Å². The summed E-state index contributed by atoms with van der Waals surface area (Å²) in [5.74, 6) is -0.347. The van der Waals surface area contributed by atoms with Crippen molar-refractivity contribution in [2.45, 2.75) is 13.1 Å². The molecule has 0 fully saturated rings. The van der Waals surface area contributed by atoms with Crippen molar-refractivity contribution in [3.8, 4) is 0 Å². The Bertz CT molecular complexity index is 1250. The third kappa shape index (κ3) is 4.27. The first kappa shape index (κ1) is 19.9. The van der Waals surface area contributed by atoms with Crippen molar-refractivity contribution >= 4 is 52.2 Å². The number of halogens is 2. The van der Waals surface area contributed by atoms with Crippen LogP contribution in [0.15, 0.2) is 53.8 Å². The second kappa shape index (κ2) is 8.52. The first-order valence-electron chi connectivity index (χ1n) is 8.86. The number of tetrazole rings is 1. The van der Waals surface area contributed by atoms with Gasteiger partial charge in [-0.25, -0.2) is 10.1 Å². The molecule has 3 N–H and O–H groups in total. The molecule has 152 valence electrons. The Morgan fingerprint density at radius 1 is 1.23 bits per heavy atom. The van der Waals surface area contributed by atoms with Crippen molar-refractivity contribution in [2.75, 3.05) is 5.73 Å². The molecule has 1 amide bonds. The molecule has 0 aliphatic carbocycles. The number of hydrazone groups is 1. The highest BCUT2D eigenvalue weighted by Gasteiger charge is 2.10. The second-order valence-electron chi connectivity index (χ2n) is 6.45. The zero-order chi connectivity index (χ0) is 21.1. The van der Waals surface area contributed by atoms with Crippen LogP contribution in [0.25, 0.3) is 10.9 Å². The van der Waals surface area contributed by atoms with Gasteiger partial charge in [0.15, 0.2) is 0 Å². The summed E-state index contributed by atoms with van der Waals surface area (Å²) in [6.45, 7) is 0.433. The topological polar surface area (TPSA) is 116 Å². The Morgan fingerprint density at radius 2 is 2.07 bits per heavy atom. The van der Waals surface area contributed by atoms with Gasteiger partial charge in [0.2, 0.25) is 5.95 Å². The fourth-order valence-electron chi connectivity index (χ4n) is 3.01. The number of fused-ring (bicyclic) bond motifs is 1. The molecule has 0 saturated heterocycles. The molecule has 11 heteroatoms. The predicted molar refractivity (Wildman–Crippen MR) is 115 cm³/mol. The summed E-state index contributed by atoms with van der Waals surface area (Å²) in [5, 5.41) is 16.8. The summed E-state index contributed by atoms with van der Waals surface area (Å²) < 4.78 is 3.24. The van der Waals surface area contributed by atoms with Gasteiger partial charge < -0.3 is 10.3 Å². The van der Waals surface area contributed by atoms with Crippen molar-refractivity contribution in [1.29, 1.82) is 0 Å². The largest absolute Gasteiger partial charge is 0.367 e. The summed E-state index contributed by atoms with van der Waals surface area (Å²) in [5.41, 5.74) is 10.8. The third-order valence-corrected chi connectivity index (χ3v) is 5.01. The number of carbonyl (C=O) groups is 1. The van der Waals surface area contributed by atoms with Crippen molar-refractivity contribution in [1.82, 2.24) is 30.2 Å². The molecule has 30 heavy (non-hydrogen) atoms. The maximum absolute atomic E-state index is 12.0. The average Bonchev–Trinajstić information content (AvgIpc) is 3.28. The first-order valence-corrected chi connectivity index (χ1v) is 9.62. The number of nitrogens with zero attached hydrogens (tertiary/aromatic N) is 6. The highest BCUT2D eigenvalue weighted by molar-refractivity contribution is 6.35. The lowest BCUT2D eigenvalue weighted by molar-refractivity contribution is -0.121. The zero-order valence-corrected chi connectivity index (χ0v) is 17.0. The molecule has 9 nitrogen and oxygen atoms in total. The number of carbonyl (C=O) groups excluding carboxylic acids is 1. The van der Waals surface area contributed by atoms with Gasteiger partial charge in [-0.2, -0.15) is 5.10 Å². The Morgan fingerprint density at radius 3 is 2.83 bits per heavy atom. The van der Waals surface area contributed by atoms with Gasteiger partial charge in [-0.15, -0.1) is 0 Å². The lowest BCUT2D eigenvalue weighted by Crippen LogP contribution is -2.24. The minimum atomic E-state index is -0.401. The van der Waals surface area contributed by atoms with E-state index < -0.39 is 5.91 Å². The summed E-state index contributed by atoms with van der Waals surface area (Å²) in [4.78, 5) is 12.0. The fourth-order valence-corrected chi connectivity index (χ4v) is 3.48. The number of nitrogens with one attached hydrogen (secondary N) is 1. The van der Waals surface area contributed by atoms with Crippen LogP contribution >= 0.6 is 23.2 Å². The number of nitrogens with two attached hydrogens (primary N) is 1. The van der Waals surface area contributed by atoms with Crippen LogP contribution in [0.2, 0.25) is 10.0 Å². The maximum Gasteiger partial charge on any atom is 0.261 e. The predicted octanol–water partition coefficient (Wildman–Crippen LogP) is 2.72. The van der Waals surface area contributed by atoms with Gasteiger partial charge >= 0.3 is 0 Å². The Labute approximate surface area is 181 Å². The second-order valence-corrected chi connectivity index (χ2v) is 7.30. The van der Waals surface area contributed by atoms with Crippen molar-refractivity contribution < 1.29 is 4.79 Å². The molecule has 0 bridgehead atoms. The monoisotopic (exact) mass is 442 g/mol. The van der Waals surface area contributed by atoms with Gasteiger partial charge in [-0.1, -0.05) is 52.6 Å². The Kier molecular flexibility index (Phi) is 5.64. The lowest BCUT2D eigenvalue weighted by Gasteiger charge is -2.08. The number of aromatic nitrogens is 5. The number of amides is 1. The zero-order valence-electron chi connectivity index (χ0n) is 15.5. The van der Waals surface area contributed by atoms with E-state index in [0.29, 0.717) is 16.6 Å². The lowest BCUT2D eigenvalue weighted by atomic mass is 10.2. The highest BCUT2D eigenvalue weighted by atomic mass is 35.5. The molecule has 0 aliphatic heterocycles. The van der Waals surface area contributed by atoms with Crippen LogP contribution in [0.1, 0.15) is 11.1 Å². The SMILES string of the molecule is Nc1nnnn1CC(=O)N/N=C/c1cn(Cc2ccc(Cl)cc2Cl)c2ccccc12. The minimum absolute atomic E-state index is 0.0538. The van der Waals surface area contributed by atoms with Gasteiger partial charge in [0.1, 0.15) is 6.54 Å². The van der Waals surface area contributed by atoms with Crippen LogP contribution in [-0.4, -0.2) is 36.9 Å². The van der Waals surface area contributed by atoms with E-state index in [9.17, 15) is 4.79 Å². The number of hydrogen-bond acceptors (Lipinski definition) is 6. The average molecular weight is 443 g/mol. The van der Waals surface area contributed by atoms with Crippen molar-refractivity contribution in [3.63, 3.8) is 0 Å². The molecule has 0 aliphatic rings. The molecular formula is C19H16Cl2N8O. The van der Waals surface area contributed by atoms with E-state index in [1.54, 1.807) is 12.3 Å². The molecule has 2 aromatic carbocycles. The molecule has 0 atom stereocenters. The molecular weight excluding hydrogens is 427 g/mol. The summed E-state index contributed by atoms with van der Waals surface area (Å²) >= 11 is 12.3. The van der Waals surface area contributed by atoms with Gasteiger partial charge in [0.05, 0.1) is 6.21 Å². The smallest absolute Gasteiger partial charge is 0.261 e. The van der Waals surface area contributed by atoms with E-state index in [1.165, 1.54) is 4.68 Å². The Balaban J connectivity index is 1.53. The number of para-hydroxylation sites is 1. The standard InChI is InChI=1S/C19H16Cl2N8O/c20-14-6-5-12(16(21)7-14)9-28-10-13(15-3-1-2-4-17(15)28)8-23-24-18(30)11-29-19(22)25-26-27-29/h1-8,10H,9,11H2,(H,24,30)(H2,22,25,27)/b23-8+. The van der Waals surface area contributed by atoms with E-state index >= 15 is 0 Å². The normalized spacial score (nSPS) is 11.4. The van der Waals surface area contributed by atoms with Crippen LogP contribution in [0.4, 0.5) is 5.95 Å². The summed E-state index contributed by atoms with van der Waals surface area (Å²) in [7, 11) is 0. The van der Waals surface area contributed by atoms with Crippen LogP contribution in [0.3, 0.4) is 0 Å². The van der Waals surface area contributed by atoms with Crippen LogP contribution in [0.5, 0.6) is 0 Å². The van der Waals surface area contributed by atoms with Crippen LogP contribution < -0.4 is 11.2 Å². The van der Waals surface area contributed by atoms with Gasteiger partial charge in [-0.05, 0) is 34.2 Å². The van der Waals surface area contributed by atoms with Gasteiger partial charge in [-0.3, -0.25) is 4.79 Å². The van der Waals surface area contributed by atoms with Gasteiger partial charge in [0, 0.05) is 39.3 Å². The van der Waals surface area contributed by atoms with Gasteiger partial charge in [0.25, 0.3) is 5.91 Å². The number of rotatable bonds is 6. The number of anilines is 1. The molecule has 0 saturated carbocycles. The fraction of sp³-hybridized carbons (Fsp3) is 0.105. The number of benzene rings is 2. The maximum atomic E-state index is 12.0. The first-order chi connectivity index (χ1) is 14.5. The molecule has 4 rings (SSSR count). The van der Waals surface area contributed by atoms with Crippen LogP contribution in [-0.2, 0) is 17.9 Å². The highest BCUT2D eigenvalue weighted by Crippen LogP contribution is 2.25. The van der Waals surface area contributed by atoms with Crippen molar-refractivity contribution in [2.24, 2.45) is 5.10 Å². The van der Waals surface area contributed by atoms with Crippen molar-refractivity contribution in [3.05, 3.63) is 69.8 Å². The molecule has 2 heterocycles. The summed E-state index contributed by atoms with van der Waals surface area (Å²) in [6.07, 6.45) is 3.54.